The van der Waals surface area contributed by atoms with Crippen LogP contribution in [0.15, 0.2) is 30.3 Å². The molecule has 0 saturated carbocycles. The number of aromatic nitrogens is 1. The molecule has 0 bridgehead atoms. The number of hydrogen-bond donors (Lipinski definition) is 2. The largest absolute Gasteiger partial charge is 0.382 e. The van der Waals surface area contributed by atoms with Crippen LogP contribution >= 0.6 is 11.5 Å². The Morgan fingerprint density at radius 1 is 1.39 bits per heavy atom. The molecule has 96 valence electrons. The molecule has 1 unspecified atom stereocenters. The Bertz CT molecular complexity index is 498. The molecular weight excluding hydrogens is 246 g/mol. The van der Waals surface area contributed by atoms with Crippen LogP contribution in [-0.2, 0) is 4.74 Å². The molecule has 2 rings (SSSR count). The molecule has 0 radical (unpaired) electrons. The maximum atomic E-state index is 5.94. The third-order valence-electron chi connectivity index (χ3n) is 2.73. The lowest BCUT2D eigenvalue weighted by atomic mass is 10.1. The zero-order valence-corrected chi connectivity index (χ0v) is 11.3. The summed E-state index contributed by atoms with van der Waals surface area (Å²) in [6, 6.07) is 10.0. The van der Waals surface area contributed by atoms with Crippen molar-refractivity contribution in [3.8, 4) is 11.1 Å². The number of anilines is 2. The monoisotopic (exact) mass is 263 g/mol. The molecule has 1 aromatic heterocycles. The van der Waals surface area contributed by atoms with Gasteiger partial charge in [-0.05, 0) is 24.0 Å². The number of nitrogen functional groups attached to an aromatic ring is 1. The minimum absolute atomic E-state index is 0.150. The zero-order chi connectivity index (χ0) is 13.0. The maximum absolute atomic E-state index is 5.94. The van der Waals surface area contributed by atoms with Gasteiger partial charge in [0, 0.05) is 13.7 Å². The number of nitrogens with two attached hydrogens (primary N) is 1. The zero-order valence-electron chi connectivity index (χ0n) is 10.5. The van der Waals surface area contributed by atoms with Crippen LogP contribution < -0.4 is 11.1 Å². The number of rotatable bonds is 5. The molecule has 4 nitrogen and oxygen atoms in total. The third-order valence-corrected chi connectivity index (χ3v) is 3.55. The van der Waals surface area contributed by atoms with Crippen LogP contribution in [-0.4, -0.2) is 24.1 Å². The van der Waals surface area contributed by atoms with Gasteiger partial charge in [-0.1, -0.05) is 30.3 Å². The highest BCUT2D eigenvalue weighted by Gasteiger charge is 2.13. The Kier molecular flexibility index (Phi) is 4.17. The summed E-state index contributed by atoms with van der Waals surface area (Å²) in [7, 11) is 1.70. The molecule has 5 heteroatoms. The average Bonchev–Trinajstić information content (AvgIpc) is 2.78. The van der Waals surface area contributed by atoms with E-state index < -0.39 is 0 Å². The van der Waals surface area contributed by atoms with Gasteiger partial charge in [0.1, 0.15) is 10.8 Å². The Balaban J connectivity index is 2.23. The van der Waals surface area contributed by atoms with Crippen molar-refractivity contribution in [1.82, 2.24) is 4.37 Å². The van der Waals surface area contributed by atoms with Gasteiger partial charge < -0.3 is 15.8 Å². The van der Waals surface area contributed by atoms with Crippen molar-refractivity contribution in [2.75, 3.05) is 24.7 Å². The molecule has 3 N–H and O–H groups in total. The van der Waals surface area contributed by atoms with Gasteiger partial charge in [0.15, 0.2) is 0 Å². The predicted molar refractivity (Wildman–Crippen MR) is 76.9 cm³/mol. The van der Waals surface area contributed by atoms with E-state index in [4.69, 9.17) is 10.5 Å². The summed E-state index contributed by atoms with van der Waals surface area (Å²) < 4.78 is 9.43. The van der Waals surface area contributed by atoms with E-state index in [1.165, 1.54) is 11.5 Å². The van der Waals surface area contributed by atoms with Gasteiger partial charge in [-0.25, -0.2) is 0 Å². The fraction of sp³-hybridized carbons (Fsp3) is 0.308. The Hall–Kier alpha value is -1.59. The summed E-state index contributed by atoms with van der Waals surface area (Å²) in [6.45, 7) is 2.75. The van der Waals surface area contributed by atoms with Gasteiger partial charge in [-0.2, -0.15) is 4.37 Å². The molecule has 0 amide bonds. The molecule has 1 aromatic carbocycles. The number of ether oxygens (including phenoxy) is 1. The van der Waals surface area contributed by atoms with Crippen molar-refractivity contribution in [2.45, 2.75) is 13.0 Å². The summed E-state index contributed by atoms with van der Waals surface area (Å²) in [5.74, 6) is 0.568. The molecule has 2 aromatic rings. The highest BCUT2D eigenvalue weighted by molar-refractivity contribution is 7.11. The van der Waals surface area contributed by atoms with Gasteiger partial charge in [-0.3, -0.25) is 0 Å². The average molecular weight is 263 g/mol. The Morgan fingerprint density at radius 2 is 2.11 bits per heavy atom. The summed E-state index contributed by atoms with van der Waals surface area (Å²) in [6.07, 6.45) is 0.150. The molecular formula is C13H17N3OS. The second-order valence-electron chi connectivity index (χ2n) is 4.07. The first-order chi connectivity index (χ1) is 8.72. The van der Waals surface area contributed by atoms with Crippen LogP contribution in [0.2, 0.25) is 0 Å². The Morgan fingerprint density at radius 3 is 2.78 bits per heavy atom. The minimum atomic E-state index is 0.150. The van der Waals surface area contributed by atoms with Gasteiger partial charge in [-0.15, -0.1) is 0 Å². The Labute approximate surface area is 111 Å². The molecule has 0 saturated heterocycles. The molecule has 0 aliphatic heterocycles. The van der Waals surface area contributed by atoms with Gasteiger partial charge in [0.05, 0.1) is 11.7 Å². The first kappa shape index (κ1) is 12.9. The first-order valence-electron chi connectivity index (χ1n) is 5.79. The van der Waals surface area contributed by atoms with E-state index >= 15 is 0 Å². The lowest BCUT2D eigenvalue weighted by Crippen LogP contribution is -2.17. The van der Waals surface area contributed by atoms with Crippen LogP contribution in [0.3, 0.4) is 0 Å². The van der Waals surface area contributed by atoms with Crippen molar-refractivity contribution < 1.29 is 4.74 Å². The van der Waals surface area contributed by atoms with Crippen LogP contribution in [0.25, 0.3) is 11.1 Å². The standard InChI is InChI=1S/C13H17N3OS/c1-9(17-2)8-15-13-11(12(14)16-18-13)10-6-4-3-5-7-10/h3-7,9,15H,8H2,1-2H3,(H2,14,16). The number of nitrogens with zero attached hydrogens (tertiary/aromatic N) is 1. The van der Waals surface area contributed by atoms with E-state index in [1.54, 1.807) is 7.11 Å². The van der Waals surface area contributed by atoms with Crippen molar-refractivity contribution in [2.24, 2.45) is 0 Å². The highest BCUT2D eigenvalue weighted by atomic mass is 32.1. The van der Waals surface area contributed by atoms with E-state index in [0.29, 0.717) is 5.82 Å². The van der Waals surface area contributed by atoms with E-state index in [0.717, 1.165) is 22.7 Å². The number of nitrogens with one attached hydrogen (secondary N) is 1. The highest BCUT2D eigenvalue weighted by Crippen LogP contribution is 2.36. The lowest BCUT2D eigenvalue weighted by molar-refractivity contribution is 0.129. The fourth-order valence-corrected chi connectivity index (χ4v) is 2.37. The summed E-state index contributed by atoms with van der Waals surface area (Å²) in [5, 5.41) is 4.32. The predicted octanol–water partition coefficient (Wildman–Crippen LogP) is 2.84. The lowest BCUT2D eigenvalue weighted by Gasteiger charge is -2.11. The van der Waals surface area contributed by atoms with Gasteiger partial charge in [0.2, 0.25) is 0 Å². The first-order valence-corrected chi connectivity index (χ1v) is 6.57. The number of methoxy groups -OCH3 is 1. The number of hydrogen-bond acceptors (Lipinski definition) is 5. The normalized spacial score (nSPS) is 12.3. The fourth-order valence-electron chi connectivity index (χ4n) is 1.63. The minimum Gasteiger partial charge on any atom is -0.382 e. The van der Waals surface area contributed by atoms with E-state index in [-0.39, 0.29) is 6.10 Å². The van der Waals surface area contributed by atoms with E-state index in [9.17, 15) is 0 Å². The van der Waals surface area contributed by atoms with Crippen molar-refractivity contribution in [3.05, 3.63) is 30.3 Å². The molecule has 1 heterocycles. The van der Waals surface area contributed by atoms with Crippen LogP contribution in [0, 0.1) is 0 Å². The van der Waals surface area contributed by atoms with Gasteiger partial charge in [0.25, 0.3) is 0 Å². The molecule has 1 atom stereocenters. The quantitative estimate of drug-likeness (QED) is 0.871. The smallest absolute Gasteiger partial charge is 0.147 e. The molecule has 0 aliphatic rings. The second-order valence-corrected chi connectivity index (χ2v) is 4.84. The molecule has 0 fully saturated rings. The topological polar surface area (TPSA) is 60.2 Å². The summed E-state index contributed by atoms with van der Waals surface area (Å²) >= 11 is 1.38. The van der Waals surface area contributed by atoms with E-state index in [1.807, 2.05) is 37.3 Å². The summed E-state index contributed by atoms with van der Waals surface area (Å²) in [4.78, 5) is 0. The van der Waals surface area contributed by atoms with Crippen molar-refractivity contribution >= 4 is 22.4 Å². The summed E-state index contributed by atoms with van der Waals surface area (Å²) in [5.41, 5.74) is 8.00. The second kappa shape index (κ2) is 5.84. The SMILES string of the molecule is COC(C)CNc1snc(N)c1-c1ccccc1. The maximum Gasteiger partial charge on any atom is 0.147 e. The van der Waals surface area contributed by atoms with Crippen LogP contribution in [0.4, 0.5) is 10.8 Å². The van der Waals surface area contributed by atoms with Crippen molar-refractivity contribution in [3.63, 3.8) is 0 Å². The third kappa shape index (κ3) is 2.80. The molecule has 0 aliphatic carbocycles. The van der Waals surface area contributed by atoms with Crippen molar-refractivity contribution in [1.29, 1.82) is 0 Å². The van der Waals surface area contributed by atoms with Crippen LogP contribution in [0.1, 0.15) is 6.92 Å². The molecule has 0 spiro atoms. The van der Waals surface area contributed by atoms with E-state index in [2.05, 4.69) is 9.69 Å². The number of benzene rings is 1. The van der Waals surface area contributed by atoms with Crippen LogP contribution in [0.5, 0.6) is 0 Å². The molecule has 18 heavy (non-hydrogen) atoms. The van der Waals surface area contributed by atoms with Gasteiger partial charge >= 0.3 is 0 Å².